The minimum Gasteiger partial charge on any atom is -0.350 e. The zero-order chi connectivity index (χ0) is 13.2. The molecule has 0 spiro atoms. The molecule has 5 heteroatoms. The molecule has 1 N–H and O–H groups in total. The number of hydrogen-bond acceptors (Lipinski definition) is 3. The van der Waals surface area contributed by atoms with Crippen LogP contribution < -0.4 is 5.32 Å². The van der Waals surface area contributed by atoms with Gasteiger partial charge in [0.25, 0.3) is 0 Å². The monoisotopic (exact) mass is 262 g/mol. The summed E-state index contributed by atoms with van der Waals surface area (Å²) in [7, 11) is 0. The molecule has 1 aliphatic carbocycles. The van der Waals surface area contributed by atoms with Gasteiger partial charge in [-0.25, -0.2) is 8.91 Å². The Bertz CT molecular complexity index is 560. The third kappa shape index (κ3) is 2.69. The zero-order valence-corrected chi connectivity index (χ0v) is 11.1. The Morgan fingerprint density at radius 1 is 1.32 bits per heavy atom. The molecule has 0 bridgehead atoms. The van der Waals surface area contributed by atoms with Crippen LogP contribution in [-0.4, -0.2) is 20.6 Å². The van der Waals surface area contributed by atoms with E-state index < -0.39 is 0 Å². The molecular weight excluding hydrogens is 243 g/mol. The lowest BCUT2D eigenvalue weighted by atomic mass is 9.85. The van der Waals surface area contributed by atoms with Crippen LogP contribution in [0.4, 0.5) is 10.3 Å². The molecule has 102 valence electrons. The van der Waals surface area contributed by atoms with E-state index in [-0.39, 0.29) is 5.82 Å². The van der Waals surface area contributed by atoms with Gasteiger partial charge in [0, 0.05) is 6.04 Å². The quantitative estimate of drug-likeness (QED) is 0.923. The van der Waals surface area contributed by atoms with E-state index in [2.05, 4.69) is 22.3 Å². The molecule has 4 nitrogen and oxygen atoms in total. The first-order valence-corrected chi connectivity index (χ1v) is 7.01. The third-order valence-corrected chi connectivity index (χ3v) is 4.01. The molecule has 19 heavy (non-hydrogen) atoms. The minimum atomic E-state index is -0.302. The molecule has 0 aromatic carbocycles. The van der Waals surface area contributed by atoms with Crippen molar-refractivity contribution in [3.63, 3.8) is 0 Å². The smallest absolute Gasteiger partial charge is 0.243 e. The average molecular weight is 262 g/mol. The molecule has 1 unspecified atom stereocenters. The standard InChI is InChI=1S/C14H19FN4/c1-10(11-5-3-2-4-6-11)16-14-17-13-8-7-12(15)9-19(13)18-14/h7-11H,2-6H2,1H3,(H,16,18). The number of anilines is 1. The van der Waals surface area contributed by atoms with Crippen molar-refractivity contribution in [3.05, 3.63) is 24.1 Å². The summed E-state index contributed by atoms with van der Waals surface area (Å²) in [4.78, 5) is 4.36. The lowest BCUT2D eigenvalue weighted by Gasteiger charge is -2.27. The van der Waals surface area contributed by atoms with Crippen LogP contribution in [0.15, 0.2) is 18.3 Å². The molecule has 1 atom stereocenters. The van der Waals surface area contributed by atoms with Gasteiger partial charge in [-0.3, -0.25) is 0 Å². The molecule has 1 aliphatic rings. The number of nitrogens with one attached hydrogen (secondary N) is 1. The fraction of sp³-hybridized carbons (Fsp3) is 0.571. The molecule has 0 radical (unpaired) electrons. The Morgan fingerprint density at radius 3 is 2.89 bits per heavy atom. The fourth-order valence-corrected chi connectivity index (χ4v) is 2.87. The first-order valence-electron chi connectivity index (χ1n) is 7.01. The highest BCUT2D eigenvalue weighted by atomic mass is 19.1. The summed E-state index contributed by atoms with van der Waals surface area (Å²) < 4.78 is 14.6. The summed E-state index contributed by atoms with van der Waals surface area (Å²) in [6.07, 6.45) is 7.89. The second-order valence-electron chi connectivity index (χ2n) is 5.42. The van der Waals surface area contributed by atoms with Crippen molar-refractivity contribution in [2.45, 2.75) is 45.1 Å². The SMILES string of the molecule is CC(Nc1nc2ccc(F)cn2n1)C1CCCCC1. The molecule has 1 saturated carbocycles. The van der Waals surface area contributed by atoms with Crippen LogP contribution in [0.25, 0.3) is 5.65 Å². The van der Waals surface area contributed by atoms with Crippen LogP contribution in [0.2, 0.25) is 0 Å². The van der Waals surface area contributed by atoms with Gasteiger partial charge < -0.3 is 5.32 Å². The molecule has 2 aromatic heterocycles. The van der Waals surface area contributed by atoms with E-state index in [1.807, 2.05) is 0 Å². The van der Waals surface area contributed by atoms with Crippen molar-refractivity contribution >= 4 is 11.6 Å². The van der Waals surface area contributed by atoms with E-state index in [1.54, 1.807) is 6.07 Å². The number of halogens is 1. The van der Waals surface area contributed by atoms with Crippen LogP contribution in [0, 0.1) is 11.7 Å². The van der Waals surface area contributed by atoms with Crippen LogP contribution >= 0.6 is 0 Å². The van der Waals surface area contributed by atoms with Crippen molar-refractivity contribution in [1.29, 1.82) is 0 Å². The highest BCUT2D eigenvalue weighted by Crippen LogP contribution is 2.27. The second kappa shape index (κ2) is 5.15. The predicted octanol–water partition coefficient (Wildman–Crippen LogP) is 3.25. The summed E-state index contributed by atoms with van der Waals surface area (Å²) in [6.45, 7) is 2.18. The lowest BCUT2D eigenvalue weighted by Crippen LogP contribution is -2.28. The van der Waals surface area contributed by atoms with Crippen LogP contribution in [0.1, 0.15) is 39.0 Å². The van der Waals surface area contributed by atoms with Gasteiger partial charge >= 0.3 is 0 Å². The summed E-state index contributed by atoms with van der Waals surface area (Å²) in [6, 6.07) is 3.40. The molecular formula is C14H19FN4. The Morgan fingerprint density at radius 2 is 2.11 bits per heavy atom. The largest absolute Gasteiger partial charge is 0.350 e. The number of nitrogens with zero attached hydrogens (tertiary/aromatic N) is 3. The van der Waals surface area contributed by atoms with Crippen molar-refractivity contribution in [3.8, 4) is 0 Å². The van der Waals surface area contributed by atoms with Gasteiger partial charge in [0.05, 0.1) is 6.20 Å². The van der Waals surface area contributed by atoms with E-state index >= 15 is 0 Å². The number of aromatic nitrogens is 3. The summed E-state index contributed by atoms with van der Waals surface area (Å²) in [5.41, 5.74) is 0.666. The molecule has 2 heterocycles. The van der Waals surface area contributed by atoms with Crippen molar-refractivity contribution < 1.29 is 4.39 Å². The highest BCUT2D eigenvalue weighted by Gasteiger charge is 2.20. The summed E-state index contributed by atoms with van der Waals surface area (Å²) >= 11 is 0. The zero-order valence-electron chi connectivity index (χ0n) is 11.1. The molecule has 0 saturated heterocycles. The van der Waals surface area contributed by atoms with E-state index in [1.165, 1.54) is 48.9 Å². The maximum atomic E-state index is 13.1. The van der Waals surface area contributed by atoms with E-state index in [0.29, 0.717) is 23.6 Å². The number of pyridine rings is 1. The number of rotatable bonds is 3. The van der Waals surface area contributed by atoms with Crippen LogP contribution in [0.3, 0.4) is 0 Å². The normalized spacial score (nSPS) is 18.6. The first kappa shape index (κ1) is 12.4. The van der Waals surface area contributed by atoms with Gasteiger partial charge in [0.15, 0.2) is 5.65 Å². The highest BCUT2D eigenvalue weighted by molar-refractivity contribution is 5.43. The van der Waals surface area contributed by atoms with Gasteiger partial charge in [0.1, 0.15) is 5.82 Å². The third-order valence-electron chi connectivity index (χ3n) is 4.01. The average Bonchev–Trinajstić information content (AvgIpc) is 2.81. The first-order chi connectivity index (χ1) is 9.22. The molecule has 3 rings (SSSR count). The van der Waals surface area contributed by atoms with Gasteiger partial charge in [-0.15, -0.1) is 5.10 Å². The Hall–Kier alpha value is -1.65. The molecule has 0 amide bonds. The van der Waals surface area contributed by atoms with Crippen molar-refractivity contribution in [2.24, 2.45) is 5.92 Å². The Kier molecular flexibility index (Phi) is 3.36. The van der Waals surface area contributed by atoms with Crippen molar-refractivity contribution in [2.75, 3.05) is 5.32 Å². The predicted molar refractivity (Wildman–Crippen MR) is 72.6 cm³/mol. The van der Waals surface area contributed by atoms with Crippen LogP contribution in [-0.2, 0) is 0 Å². The second-order valence-corrected chi connectivity index (χ2v) is 5.42. The van der Waals surface area contributed by atoms with E-state index in [9.17, 15) is 4.39 Å². The maximum absolute atomic E-state index is 13.1. The maximum Gasteiger partial charge on any atom is 0.243 e. The summed E-state index contributed by atoms with van der Waals surface area (Å²) in [5.74, 6) is 0.977. The minimum absolute atomic E-state index is 0.302. The fourth-order valence-electron chi connectivity index (χ4n) is 2.87. The van der Waals surface area contributed by atoms with E-state index in [0.717, 1.165) is 0 Å². The van der Waals surface area contributed by atoms with Gasteiger partial charge in [0.2, 0.25) is 5.95 Å². The van der Waals surface area contributed by atoms with Gasteiger partial charge in [-0.2, -0.15) is 4.98 Å². The van der Waals surface area contributed by atoms with Gasteiger partial charge in [-0.1, -0.05) is 19.3 Å². The topological polar surface area (TPSA) is 42.2 Å². The van der Waals surface area contributed by atoms with Crippen molar-refractivity contribution in [1.82, 2.24) is 14.6 Å². The Balaban J connectivity index is 1.73. The Labute approximate surface area is 112 Å². The summed E-state index contributed by atoms with van der Waals surface area (Å²) in [5, 5.41) is 7.62. The molecule has 1 fully saturated rings. The van der Waals surface area contributed by atoms with E-state index in [4.69, 9.17) is 0 Å². The molecule has 0 aliphatic heterocycles. The number of hydrogen-bond donors (Lipinski definition) is 1. The molecule has 2 aromatic rings. The van der Waals surface area contributed by atoms with Gasteiger partial charge in [-0.05, 0) is 37.8 Å². The number of fused-ring (bicyclic) bond motifs is 1. The van der Waals surface area contributed by atoms with Crippen LogP contribution in [0.5, 0.6) is 0 Å². The lowest BCUT2D eigenvalue weighted by molar-refractivity contribution is 0.327.